The van der Waals surface area contributed by atoms with Gasteiger partial charge in [-0.3, -0.25) is 14.7 Å². The van der Waals surface area contributed by atoms with E-state index in [1.165, 1.54) is 0 Å². The molecule has 0 radical (unpaired) electrons. The number of aromatic nitrogens is 3. The maximum absolute atomic E-state index is 12.2. The molecule has 1 saturated heterocycles. The molecular weight excluding hydrogens is 460 g/mol. The Labute approximate surface area is 207 Å². The first-order valence-corrected chi connectivity index (χ1v) is 11.7. The number of H-pyrrole nitrogens is 1. The van der Waals surface area contributed by atoms with Crippen LogP contribution in [0.3, 0.4) is 0 Å². The predicted octanol–water partition coefficient (Wildman–Crippen LogP) is 2.57. The van der Waals surface area contributed by atoms with Crippen LogP contribution in [0, 0.1) is 6.92 Å². The zero-order chi connectivity index (χ0) is 25.2. The number of aromatic amines is 1. The largest absolute Gasteiger partial charge is 0.417 e. The van der Waals surface area contributed by atoms with Crippen LogP contribution in [0.25, 0.3) is 11.1 Å². The van der Waals surface area contributed by atoms with Crippen molar-refractivity contribution in [2.24, 2.45) is 0 Å². The van der Waals surface area contributed by atoms with E-state index >= 15 is 0 Å². The van der Waals surface area contributed by atoms with Crippen LogP contribution in [-0.2, 0) is 4.79 Å². The van der Waals surface area contributed by atoms with Gasteiger partial charge in [0.15, 0.2) is 5.58 Å². The summed E-state index contributed by atoms with van der Waals surface area (Å²) in [6.07, 6.45) is 1.74. The molecule has 1 fully saturated rings. The van der Waals surface area contributed by atoms with Crippen molar-refractivity contribution in [2.45, 2.75) is 13.0 Å². The molecule has 186 valence electrons. The maximum Gasteiger partial charge on any atom is 0.417 e. The molecule has 2 aromatic heterocycles. The van der Waals surface area contributed by atoms with Crippen molar-refractivity contribution in [3.63, 3.8) is 0 Å². The van der Waals surface area contributed by atoms with E-state index in [1.807, 2.05) is 44.3 Å². The Morgan fingerprint density at radius 2 is 1.89 bits per heavy atom. The lowest BCUT2D eigenvalue weighted by Crippen LogP contribution is -2.57. The van der Waals surface area contributed by atoms with E-state index in [0.717, 1.165) is 35.7 Å². The van der Waals surface area contributed by atoms with E-state index in [1.54, 1.807) is 25.4 Å². The number of hydrogen-bond acceptors (Lipinski definition) is 9. The topological polar surface area (TPSA) is 131 Å². The zero-order valence-electron chi connectivity index (χ0n) is 20.3. The fraction of sp³-hybridized carbons (Fsp3) is 0.280. The summed E-state index contributed by atoms with van der Waals surface area (Å²) in [6.45, 7) is 4.22. The SMILES string of the molecule is CNC(=O)C1CN(c2ccc(Nc3ncc(C)c(Nc4ccc5oc(=O)[nH]c5c4)n3)cc2)CCN1C. The van der Waals surface area contributed by atoms with Crippen LogP contribution in [-0.4, -0.2) is 65.5 Å². The molecule has 11 heteroatoms. The second kappa shape index (κ2) is 9.70. The molecule has 11 nitrogen and oxygen atoms in total. The highest BCUT2D eigenvalue weighted by Gasteiger charge is 2.29. The number of hydrogen-bond donors (Lipinski definition) is 4. The van der Waals surface area contributed by atoms with Gasteiger partial charge in [-0.15, -0.1) is 0 Å². The lowest BCUT2D eigenvalue weighted by molar-refractivity contribution is -0.125. The Kier molecular flexibility index (Phi) is 6.30. The minimum atomic E-state index is -0.489. The van der Waals surface area contributed by atoms with Gasteiger partial charge in [-0.25, -0.2) is 9.78 Å². The Hall–Kier alpha value is -4.38. The normalized spacial score (nSPS) is 16.2. The first-order chi connectivity index (χ1) is 17.4. The number of benzene rings is 2. The van der Waals surface area contributed by atoms with Gasteiger partial charge in [-0.1, -0.05) is 0 Å². The van der Waals surface area contributed by atoms with Crippen LogP contribution in [0.5, 0.6) is 0 Å². The number of rotatable bonds is 6. The van der Waals surface area contributed by atoms with Crippen molar-refractivity contribution >= 4 is 45.8 Å². The number of nitrogens with zero attached hydrogens (tertiary/aromatic N) is 4. The van der Waals surface area contributed by atoms with Gasteiger partial charge in [0.05, 0.1) is 5.52 Å². The smallest absolute Gasteiger partial charge is 0.408 e. The molecule has 0 spiro atoms. The molecule has 1 unspecified atom stereocenters. The Balaban J connectivity index is 1.28. The van der Waals surface area contributed by atoms with Crippen LogP contribution >= 0.6 is 0 Å². The van der Waals surface area contributed by atoms with Gasteiger partial charge in [-0.2, -0.15) is 4.98 Å². The number of anilines is 5. The summed E-state index contributed by atoms with van der Waals surface area (Å²) in [4.78, 5) is 39.6. The first-order valence-electron chi connectivity index (χ1n) is 11.7. The molecule has 36 heavy (non-hydrogen) atoms. The molecule has 5 rings (SSSR count). The van der Waals surface area contributed by atoms with Gasteiger partial charge in [-0.05, 0) is 56.4 Å². The van der Waals surface area contributed by atoms with Crippen LogP contribution in [0.15, 0.2) is 57.9 Å². The highest BCUT2D eigenvalue weighted by molar-refractivity contribution is 5.82. The highest BCUT2D eigenvalue weighted by atomic mass is 16.4. The number of carbonyl (C=O) groups is 1. The summed E-state index contributed by atoms with van der Waals surface area (Å²) in [7, 11) is 3.65. The van der Waals surface area contributed by atoms with E-state index in [0.29, 0.717) is 29.4 Å². The number of carbonyl (C=O) groups excluding carboxylic acids is 1. The summed E-state index contributed by atoms with van der Waals surface area (Å²) in [6, 6.07) is 13.2. The van der Waals surface area contributed by atoms with Gasteiger partial charge >= 0.3 is 5.76 Å². The van der Waals surface area contributed by atoms with Crippen molar-refractivity contribution in [2.75, 3.05) is 49.3 Å². The Morgan fingerprint density at radius 3 is 2.67 bits per heavy atom. The monoisotopic (exact) mass is 488 g/mol. The van der Waals surface area contributed by atoms with Crippen molar-refractivity contribution in [1.29, 1.82) is 0 Å². The van der Waals surface area contributed by atoms with Crippen molar-refractivity contribution in [3.8, 4) is 0 Å². The molecule has 4 aromatic rings. The molecule has 1 aliphatic heterocycles. The van der Waals surface area contributed by atoms with E-state index in [2.05, 4.69) is 40.7 Å². The lowest BCUT2D eigenvalue weighted by atomic mass is 10.1. The van der Waals surface area contributed by atoms with Crippen molar-refractivity contribution in [3.05, 3.63) is 64.8 Å². The molecule has 3 heterocycles. The predicted molar refractivity (Wildman–Crippen MR) is 139 cm³/mol. The molecule has 0 saturated carbocycles. The highest BCUT2D eigenvalue weighted by Crippen LogP contribution is 2.25. The van der Waals surface area contributed by atoms with Gasteiger partial charge in [0.1, 0.15) is 11.9 Å². The van der Waals surface area contributed by atoms with E-state index < -0.39 is 5.76 Å². The number of nitrogens with one attached hydrogen (secondary N) is 4. The fourth-order valence-electron chi connectivity index (χ4n) is 4.24. The van der Waals surface area contributed by atoms with Crippen LogP contribution < -0.4 is 26.6 Å². The second-order valence-electron chi connectivity index (χ2n) is 8.80. The quantitative estimate of drug-likeness (QED) is 0.323. The molecule has 2 aromatic carbocycles. The Morgan fingerprint density at radius 1 is 1.11 bits per heavy atom. The van der Waals surface area contributed by atoms with Gasteiger partial charge < -0.3 is 25.3 Å². The third kappa shape index (κ3) is 4.86. The second-order valence-corrected chi connectivity index (χ2v) is 8.80. The zero-order valence-corrected chi connectivity index (χ0v) is 20.3. The third-order valence-corrected chi connectivity index (χ3v) is 6.34. The molecule has 0 bridgehead atoms. The average molecular weight is 489 g/mol. The molecule has 1 amide bonds. The average Bonchev–Trinajstić information content (AvgIpc) is 3.25. The third-order valence-electron chi connectivity index (χ3n) is 6.34. The summed E-state index contributed by atoms with van der Waals surface area (Å²) in [5.74, 6) is 0.635. The number of aryl methyl sites for hydroxylation is 1. The number of piperazine rings is 1. The number of amides is 1. The summed E-state index contributed by atoms with van der Waals surface area (Å²) in [5, 5.41) is 9.27. The van der Waals surface area contributed by atoms with Crippen LogP contribution in [0.1, 0.15) is 5.56 Å². The molecule has 1 atom stereocenters. The lowest BCUT2D eigenvalue weighted by Gasteiger charge is -2.39. The summed E-state index contributed by atoms with van der Waals surface area (Å²) >= 11 is 0. The number of fused-ring (bicyclic) bond motifs is 1. The number of oxazole rings is 1. The van der Waals surface area contributed by atoms with Crippen molar-refractivity contribution in [1.82, 2.24) is 25.2 Å². The molecule has 0 aliphatic carbocycles. The van der Waals surface area contributed by atoms with E-state index in [9.17, 15) is 9.59 Å². The van der Waals surface area contributed by atoms with E-state index in [4.69, 9.17) is 4.42 Å². The van der Waals surface area contributed by atoms with Crippen molar-refractivity contribution < 1.29 is 9.21 Å². The fourth-order valence-corrected chi connectivity index (χ4v) is 4.24. The maximum atomic E-state index is 12.2. The standard InChI is InChI=1S/C25H28N8O3/c1-15-13-27-24(31-22(15)28-17-6-9-21-19(12-17)30-25(35)36-21)29-16-4-7-18(8-5-16)33-11-10-32(3)20(14-33)23(34)26-2/h4-9,12-13,20H,10-11,14H2,1-3H3,(H,26,34)(H,30,35)(H2,27,28,29,31). The molecular formula is C25H28N8O3. The minimum Gasteiger partial charge on any atom is -0.408 e. The Bertz CT molecular complexity index is 1450. The first kappa shape index (κ1) is 23.4. The molecule has 1 aliphatic rings. The van der Waals surface area contributed by atoms with E-state index in [-0.39, 0.29) is 11.9 Å². The van der Waals surface area contributed by atoms with Gasteiger partial charge in [0.2, 0.25) is 11.9 Å². The van der Waals surface area contributed by atoms with Gasteiger partial charge in [0, 0.05) is 55.5 Å². The van der Waals surface area contributed by atoms with Gasteiger partial charge in [0.25, 0.3) is 0 Å². The molecule has 4 N–H and O–H groups in total. The summed E-state index contributed by atoms with van der Waals surface area (Å²) < 4.78 is 5.06. The van der Waals surface area contributed by atoms with Crippen LogP contribution in [0.2, 0.25) is 0 Å². The number of likely N-dealkylation sites (N-methyl/N-ethyl adjacent to an activating group) is 2. The minimum absolute atomic E-state index is 0.0272. The van der Waals surface area contributed by atoms with Crippen LogP contribution in [0.4, 0.5) is 28.8 Å². The summed E-state index contributed by atoms with van der Waals surface area (Å²) in [5.41, 5.74) is 4.65.